The Labute approximate surface area is 182 Å². The van der Waals surface area contributed by atoms with E-state index in [1.54, 1.807) is 0 Å². The smallest absolute Gasteiger partial charge is 0.342 e. The summed E-state index contributed by atoms with van der Waals surface area (Å²) in [5.41, 5.74) is -1.28. The van der Waals surface area contributed by atoms with Crippen LogP contribution in [-0.4, -0.2) is 25.7 Å². The van der Waals surface area contributed by atoms with Gasteiger partial charge in [-0.2, -0.15) is 23.1 Å². The van der Waals surface area contributed by atoms with Crippen molar-refractivity contribution in [2.24, 2.45) is 0 Å². The number of alkyl halides is 5. The molecule has 2 aromatic heterocycles. The van der Waals surface area contributed by atoms with Crippen LogP contribution in [0.1, 0.15) is 52.5 Å². The fourth-order valence-corrected chi connectivity index (χ4v) is 2.92. The SMILES string of the molecule is CC(NC(=O)c1cc(Cl)cc(C(F)(F)F)c1)c1nc(C(F)F)nn1-c1ccc(C#N)cn1. The van der Waals surface area contributed by atoms with Crippen molar-refractivity contribution in [2.45, 2.75) is 25.6 Å². The van der Waals surface area contributed by atoms with Gasteiger partial charge in [-0.1, -0.05) is 11.6 Å². The lowest BCUT2D eigenvalue weighted by Gasteiger charge is -2.15. The monoisotopic (exact) mass is 470 g/mol. The molecule has 0 aliphatic carbocycles. The van der Waals surface area contributed by atoms with E-state index in [0.29, 0.717) is 12.1 Å². The number of hydrogen-bond donors (Lipinski definition) is 1. The maximum Gasteiger partial charge on any atom is 0.416 e. The Bertz CT molecular complexity index is 1190. The standard InChI is InChI=1S/C19H12ClF5N6O/c1-9(28-18(32)11-4-12(19(23,24)25)6-13(20)5-11)17-29-16(15(21)22)30-31(17)14-3-2-10(7-26)8-27-14/h2-6,8-9,15H,1H3,(H,28,32). The Morgan fingerprint density at radius 2 is 1.97 bits per heavy atom. The first-order valence-electron chi connectivity index (χ1n) is 8.79. The topological polar surface area (TPSA) is 96.5 Å². The van der Waals surface area contributed by atoms with E-state index in [-0.39, 0.29) is 27.8 Å². The van der Waals surface area contributed by atoms with Crippen LogP contribution in [0.3, 0.4) is 0 Å². The van der Waals surface area contributed by atoms with Crippen LogP contribution in [0.4, 0.5) is 22.0 Å². The first-order valence-corrected chi connectivity index (χ1v) is 9.17. The first kappa shape index (κ1) is 23.1. The largest absolute Gasteiger partial charge is 0.416 e. The zero-order valence-corrected chi connectivity index (χ0v) is 16.8. The fourth-order valence-electron chi connectivity index (χ4n) is 2.69. The van der Waals surface area contributed by atoms with E-state index in [4.69, 9.17) is 16.9 Å². The Balaban J connectivity index is 1.94. The summed E-state index contributed by atoms with van der Waals surface area (Å²) in [7, 11) is 0. The highest BCUT2D eigenvalue weighted by atomic mass is 35.5. The van der Waals surface area contributed by atoms with Crippen molar-refractivity contribution in [2.75, 3.05) is 0 Å². The van der Waals surface area contributed by atoms with E-state index >= 15 is 0 Å². The molecule has 1 unspecified atom stereocenters. The lowest BCUT2D eigenvalue weighted by Crippen LogP contribution is -2.29. The molecule has 0 spiro atoms. The number of nitriles is 1. The van der Waals surface area contributed by atoms with Gasteiger partial charge in [0.05, 0.1) is 17.2 Å². The summed E-state index contributed by atoms with van der Waals surface area (Å²) < 4.78 is 66.3. The van der Waals surface area contributed by atoms with Crippen LogP contribution in [-0.2, 0) is 6.18 Å². The highest BCUT2D eigenvalue weighted by Gasteiger charge is 2.32. The number of carbonyl (C=O) groups is 1. The van der Waals surface area contributed by atoms with Gasteiger partial charge in [-0.25, -0.2) is 18.7 Å². The molecule has 1 aromatic carbocycles. The zero-order chi connectivity index (χ0) is 23.6. The molecule has 7 nitrogen and oxygen atoms in total. The molecule has 3 rings (SSSR count). The Hall–Kier alpha value is -3.59. The number of rotatable bonds is 5. The third-order valence-electron chi connectivity index (χ3n) is 4.16. The molecule has 3 aromatic rings. The minimum atomic E-state index is -4.72. The second kappa shape index (κ2) is 8.88. The molecule has 0 fully saturated rings. The molecule has 32 heavy (non-hydrogen) atoms. The number of halogens is 6. The van der Waals surface area contributed by atoms with Crippen LogP contribution in [0.15, 0.2) is 36.5 Å². The molecule has 1 N–H and O–H groups in total. The lowest BCUT2D eigenvalue weighted by molar-refractivity contribution is -0.137. The average molecular weight is 471 g/mol. The van der Waals surface area contributed by atoms with Gasteiger partial charge in [0.15, 0.2) is 11.6 Å². The van der Waals surface area contributed by atoms with E-state index < -0.39 is 35.9 Å². The number of amides is 1. The van der Waals surface area contributed by atoms with Crippen LogP contribution in [0.2, 0.25) is 5.02 Å². The number of hydrogen-bond acceptors (Lipinski definition) is 5. The number of carbonyl (C=O) groups excluding carboxylic acids is 1. The van der Waals surface area contributed by atoms with Gasteiger partial charge in [0.1, 0.15) is 6.07 Å². The van der Waals surface area contributed by atoms with Crippen LogP contribution in [0, 0.1) is 11.3 Å². The molecule has 0 saturated heterocycles. The van der Waals surface area contributed by atoms with Gasteiger partial charge in [-0.05, 0) is 37.3 Å². The van der Waals surface area contributed by atoms with E-state index in [9.17, 15) is 26.7 Å². The minimum Gasteiger partial charge on any atom is -0.342 e. The summed E-state index contributed by atoms with van der Waals surface area (Å²) in [6, 6.07) is 5.84. The van der Waals surface area contributed by atoms with Crippen LogP contribution in [0.5, 0.6) is 0 Å². The molecular formula is C19H12ClF5N6O. The van der Waals surface area contributed by atoms with Crippen molar-refractivity contribution >= 4 is 17.5 Å². The summed E-state index contributed by atoms with van der Waals surface area (Å²) in [6.45, 7) is 1.38. The maximum absolute atomic E-state index is 13.2. The van der Waals surface area contributed by atoms with Gasteiger partial charge >= 0.3 is 6.18 Å². The molecule has 0 aliphatic rings. The van der Waals surface area contributed by atoms with Crippen LogP contribution >= 0.6 is 11.6 Å². The van der Waals surface area contributed by atoms with Crippen molar-refractivity contribution in [3.8, 4) is 11.9 Å². The fraction of sp³-hybridized carbons (Fsp3) is 0.211. The third-order valence-corrected chi connectivity index (χ3v) is 4.38. The number of benzene rings is 1. The molecule has 166 valence electrons. The predicted octanol–water partition coefficient (Wildman–Crippen LogP) is 4.63. The van der Waals surface area contributed by atoms with Crippen molar-refractivity contribution in [1.29, 1.82) is 5.26 Å². The van der Waals surface area contributed by atoms with Gasteiger partial charge in [0, 0.05) is 16.8 Å². The Kier molecular flexibility index (Phi) is 6.40. The molecule has 0 aliphatic heterocycles. The van der Waals surface area contributed by atoms with E-state index in [1.165, 1.54) is 25.3 Å². The number of aromatic nitrogens is 4. The lowest BCUT2D eigenvalue weighted by atomic mass is 10.1. The van der Waals surface area contributed by atoms with Crippen molar-refractivity contribution in [3.63, 3.8) is 0 Å². The number of nitrogens with zero attached hydrogens (tertiary/aromatic N) is 5. The molecule has 0 saturated carbocycles. The molecule has 13 heteroatoms. The summed E-state index contributed by atoms with van der Waals surface area (Å²) in [5.74, 6) is -1.88. The minimum absolute atomic E-state index is 0.0432. The quantitative estimate of drug-likeness (QED) is 0.548. The van der Waals surface area contributed by atoms with Crippen LogP contribution in [0.25, 0.3) is 5.82 Å². The summed E-state index contributed by atoms with van der Waals surface area (Å²) in [4.78, 5) is 20.2. The molecule has 0 bridgehead atoms. The van der Waals surface area contributed by atoms with Gasteiger partial charge in [-0.15, -0.1) is 5.10 Å². The van der Waals surface area contributed by atoms with E-state index in [1.807, 2.05) is 6.07 Å². The molecule has 1 atom stereocenters. The second-order valence-electron chi connectivity index (χ2n) is 6.48. The van der Waals surface area contributed by atoms with Crippen LogP contribution < -0.4 is 5.32 Å². The molecule has 0 radical (unpaired) electrons. The van der Waals surface area contributed by atoms with E-state index in [0.717, 1.165) is 10.7 Å². The molecule has 2 heterocycles. The van der Waals surface area contributed by atoms with E-state index in [2.05, 4.69) is 20.4 Å². The highest BCUT2D eigenvalue weighted by Crippen LogP contribution is 2.32. The second-order valence-corrected chi connectivity index (χ2v) is 6.92. The highest BCUT2D eigenvalue weighted by molar-refractivity contribution is 6.31. The van der Waals surface area contributed by atoms with Gasteiger partial charge in [-0.3, -0.25) is 4.79 Å². The summed E-state index contributed by atoms with van der Waals surface area (Å²) in [6.07, 6.45) is -6.56. The van der Waals surface area contributed by atoms with Gasteiger partial charge in [0.2, 0.25) is 5.82 Å². The summed E-state index contributed by atoms with van der Waals surface area (Å²) in [5, 5.41) is 14.6. The average Bonchev–Trinajstić information content (AvgIpc) is 3.18. The first-order chi connectivity index (χ1) is 15.0. The normalized spacial score (nSPS) is 12.5. The predicted molar refractivity (Wildman–Crippen MR) is 101 cm³/mol. The Morgan fingerprint density at radius 3 is 2.53 bits per heavy atom. The zero-order valence-electron chi connectivity index (χ0n) is 16.0. The van der Waals surface area contributed by atoms with Crippen molar-refractivity contribution in [3.05, 3.63) is 69.9 Å². The van der Waals surface area contributed by atoms with Gasteiger partial charge < -0.3 is 5.32 Å². The van der Waals surface area contributed by atoms with Crippen molar-refractivity contribution in [1.82, 2.24) is 25.1 Å². The van der Waals surface area contributed by atoms with Gasteiger partial charge in [0.25, 0.3) is 12.3 Å². The maximum atomic E-state index is 13.2. The third kappa shape index (κ3) is 5.00. The molecular weight excluding hydrogens is 459 g/mol. The number of pyridine rings is 1. The number of nitrogens with one attached hydrogen (secondary N) is 1. The Morgan fingerprint density at radius 1 is 1.25 bits per heavy atom. The van der Waals surface area contributed by atoms with Crippen molar-refractivity contribution < 1.29 is 26.7 Å². The summed E-state index contributed by atoms with van der Waals surface area (Å²) >= 11 is 5.70. The molecule has 1 amide bonds.